The minimum Gasteiger partial charge on any atom is -0.387 e. The topological polar surface area (TPSA) is 115 Å². The third-order valence-corrected chi connectivity index (χ3v) is 4.16. The zero-order valence-corrected chi connectivity index (χ0v) is 14.8. The highest BCUT2D eigenvalue weighted by Crippen LogP contribution is 2.32. The van der Waals surface area contributed by atoms with E-state index in [2.05, 4.69) is 39.0 Å². The van der Waals surface area contributed by atoms with Gasteiger partial charge in [0.15, 0.2) is 17.7 Å². The molecule has 1 aliphatic rings. The molecule has 0 aromatic carbocycles. The molecule has 3 rings (SSSR count). The van der Waals surface area contributed by atoms with Crippen molar-refractivity contribution in [3.05, 3.63) is 12.7 Å². The maximum Gasteiger partial charge on any atom is 0.167 e. The lowest BCUT2D eigenvalue weighted by molar-refractivity contribution is -0.0615. The Labute approximate surface area is 151 Å². The number of hydrogen-bond donors (Lipinski definition) is 3. The van der Waals surface area contributed by atoms with E-state index in [1.165, 1.54) is 12.7 Å². The number of rotatable bonds is 6. The summed E-state index contributed by atoms with van der Waals surface area (Å²) in [5, 5.41) is 23.6. The Morgan fingerprint density at radius 3 is 2.88 bits per heavy atom. The molecule has 0 amide bonds. The highest BCUT2D eigenvalue weighted by Gasteiger charge is 2.44. The van der Waals surface area contributed by atoms with Crippen molar-refractivity contribution in [2.75, 3.05) is 25.6 Å². The molecule has 4 atom stereocenters. The van der Waals surface area contributed by atoms with Crippen LogP contribution in [0.1, 0.15) is 26.0 Å². The zero-order valence-electron chi connectivity index (χ0n) is 14.8. The molecule has 9 heteroatoms. The third-order valence-electron chi connectivity index (χ3n) is 4.16. The van der Waals surface area contributed by atoms with Crippen molar-refractivity contribution in [2.45, 2.75) is 44.3 Å². The number of fused-ring (bicyclic) bond motifs is 1. The summed E-state index contributed by atoms with van der Waals surface area (Å²) in [6, 6.07) is 0. The van der Waals surface area contributed by atoms with Gasteiger partial charge in [0.25, 0.3) is 0 Å². The number of aliphatic hydroxyl groups excluding tert-OH is 2. The van der Waals surface area contributed by atoms with E-state index in [1.807, 2.05) is 0 Å². The van der Waals surface area contributed by atoms with Crippen molar-refractivity contribution in [2.24, 2.45) is 0 Å². The van der Waals surface area contributed by atoms with Crippen LogP contribution in [0.25, 0.3) is 11.2 Å². The van der Waals surface area contributed by atoms with Crippen molar-refractivity contribution >= 4 is 17.0 Å². The monoisotopic (exact) mass is 361 g/mol. The number of aromatic nitrogens is 4. The van der Waals surface area contributed by atoms with Crippen molar-refractivity contribution < 1.29 is 19.7 Å². The van der Waals surface area contributed by atoms with Crippen LogP contribution in [0, 0.1) is 11.8 Å². The van der Waals surface area contributed by atoms with Crippen LogP contribution in [0.4, 0.5) is 5.82 Å². The minimum absolute atomic E-state index is 0.138. The number of unbranched alkanes of at least 4 members (excludes halogenated alkanes) is 1. The highest BCUT2D eigenvalue weighted by atomic mass is 16.6. The first-order chi connectivity index (χ1) is 12.7. The second-order valence-electron chi connectivity index (χ2n) is 5.96. The number of imidazole rings is 1. The predicted octanol–water partition coefficient (Wildman–Crippen LogP) is 0.307. The Bertz CT molecular complexity index is 799. The molecule has 140 valence electrons. The van der Waals surface area contributed by atoms with Gasteiger partial charge >= 0.3 is 0 Å². The molecule has 1 saturated heterocycles. The van der Waals surface area contributed by atoms with E-state index in [-0.39, 0.29) is 13.2 Å². The van der Waals surface area contributed by atoms with Gasteiger partial charge in [0.2, 0.25) is 0 Å². The van der Waals surface area contributed by atoms with Gasteiger partial charge in [0.1, 0.15) is 36.8 Å². The number of anilines is 1. The summed E-state index contributed by atoms with van der Waals surface area (Å²) >= 11 is 0. The number of aliphatic hydroxyl groups is 2. The van der Waals surface area contributed by atoms with Crippen molar-refractivity contribution in [1.82, 2.24) is 19.5 Å². The van der Waals surface area contributed by atoms with Gasteiger partial charge in [-0.05, 0) is 6.42 Å². The first-order valence-corrected chi connectivity index (χ1v) is 8.57. The zero-order chi connectivity index (χ0) is 18.5. The molecule has 2 aromatic rings. The summed E-state index contributed by atoms with van der Waals surface area (Å²) in [5.74, 6) is 6.46. The number of hydrogen-bond acceptors (Lipinski definition) is 8. The fourth-order valence-corrected chi connectivity index (χ4v) is 2.81. The van der Waals surface area contributed by atoms with Crippen molar-refractivity contribution in [3.63, 3.8) is 0 Å². The van der Waals surface area contributed by atoms with Gasteiger partial charge in [-0.15, -0.1) is 5.92 Å². The van der Waals surface area contributed by atoms with Gasteiger partial charge in [-0.1, -0.05) is 12.8 Å². The van der Waals surface area contributed by atoms with E-state index in [0.29, 0.717) is 17.0 Å². The molecule has 1 fully saturated rings. The van der Waals surface area contributed by atoms with Crippen LogP contribution in [-0.4, -0.2) is 68.3 Å². The van der Waals surface area contributed by atoms with Gasteiger partial charge in [0, 0.05) is 13.5 Å². The molecule has 9 nitrogen and oxygen atoms in total. The molecule has 1 aliphatic heterocycles. The van der Waals surface area contributed by atoms with Crippen molar-refractivity contribution in [3.8, 4) is 11.8 Å². The summed E-state index contributed by atoms with van der Waals surface area (Å²) in [6.07, 6.45) is 1.08. The van der Waals surface area contributed by atoms with Crippen molar-refractivity contribution in [1.29, 1.82) is 0 Å². The molecule has 3 N–H and O–H groups in total. The van der Waals surface area contributed by atoms with E-state index < -0.39 is 24.5 Å². The van der Waals surface area contributed by atoms with E-state index in [0.717, 1.165) is 12.8 Å². The summed E-state index contributed by atoms with van der Waals surface area (Å²) in [7, 11) is 1.74. The SMILES string of the molecule is CCCC#CCOC[C@H]1O[C@@H](n2cnc3c(NC)ncnc32)[C@H](O)[C@@H]1O. The Morgan fingerprint density at radius 2 is 2.12 bits per heavy atom. The van der Waals surface area contributed by atoms with Crippen LogP contribution in [-0.2, 0) is 9.47 Å². The average molecular weight is 361 g/mol. The average Bonchev–Trinajstić information content (AvgIpc) is 3.20. The van der Waals surface area contributed by atoms with E-state index >= 15 is 0 Å². The molecule has 0 saturated carbocycles. The summed E-state index contributed by atoms with van der Waals surface area (Å²) in [4.78, 5) is 12.6. The summed E-state index contributed by atoms with van der Waals surface area (Å²) in [6.45, 7) is 2.46. The Hall–Kier alpha value is -2.25. The first-order valence-electron chi connectivity index (χ1n) is 8.57. The maximum atomic E-state index is 10.4. The largest absolute Gasteiger partial charge is 0.387 e. The van der Waals surface area contributed by atoms with E-state index in [9.17, 15) is 10.2 Å². The van der Waals surface area contributed by atoms with E-state index in [4.69, 9.17) is 9.47 Å². The van der Waals surface area contributed by atoms with Gasteiger partial charge in [-0.25, -0.2) is 15.0 Å². The van der Waals surface area contributed by atoms with Crippen LogP contribution in [0.15, 0.2) is 12.7 Å². The molecule has 0 unspecified atom stereocenters. The molecule has 0 bridgehead atoms. The summed E-state index contributed by atoms with van der Waals surface area (Å²) < 4.78 is 12.8. The number of nitrogens with zero attached hydrogens (tertiary/aromatic N) is 4. The van der Waals surface area contributed by atoms with Gasteiger partial charge in [-0.3, -0.25) is 4.57 Å². The van der Waals surface area contributed by atoms with Gasteiger partial charge < -0.3 is 25.0 Å². The fraction of sp³-hybridized carbons (Fsp3) is 0.588. The highest BCUT2D eigenvalue weighted by molar-refractivity contribution is 5.82. The third kappa shape index (κ3) is 3.64. The lowest BCUT2D eigenvalue weighted by Gasteiger charge is -2.16. The van der Waals surface area contributed by atoms with Crippen LogP contribution in [0.5, 0.6) is 0 Å². The van der Waals surface area contributed by atoms with Gasteiger partial charge in [-0.2, -0.15) is 0 Å². The summed E-state index contributed by atoms with van der Waals surface area (Å²) in [5.41, 5.74) is 1.07. The van der Waals surface area contributed by atoms with Crippen LogP contribution in [0.3, 0.4) is 0 Å². The molecule has 0 aliphatic carbocycles. The van der Waals surface area contributed by atoms with Crippen LogP contribution in [0.2, 0.25) is 0 Å². The second-order valence-corrected chi connectivity index (χ2v) is 5.96. The lowest BCUT2D eigenvalue weighted by atomic mass is 10.1. The second kappa shape index (κ2) is 8.42. The molecule has 0 radical (unpaired) electrons. The normalized spacial score (nSPS) is 25.2. The fourth-order valence-electron chi connectivity index (χ4n) is 2.81. The molecular formula is C17H23N5O4. The number of nitrogens with one attached hydrogen (secondary N) is 1. The van der Waals surface area contributed by atoms with Crippen LogP contribution < -0.4 is 5.32 Å². The smallest absolute Gasteiger partial charge is 0.167 e. The standard InChI is InChI=1S/C17H23N5O4/c1-3-4-5-6-7-25-8-11-13(23)14(24)17(26-11)22-10-21-12-15(18-2)19-9-20-16(12)22/h9-11,13-14,17,23-24H,3-4,7-8H2,1-2H3,(H,18,19,20)/t11-,13-,14-,17-/m1/s1. The minimum atomic E-state index is -1.12. The Balaban J connectivity index is 1.69. The lowest BCUT2D eigenvalue weighted by Crippen LogP contribution is -2.33. The maximum absolute atomic E-state index is 10.4. The Morgan fingerprint density at radius 1 is 1.27 bits per heavy atom. The van der Waals surface area contributed by atoms with E-state index in [1.54, 1.807) is 11.6 Å². The predicted molar refractivity (Wildman–Crippen MR) is 94.3 cm³/mol. The Kier molecular flexibility index (Phi) is 6.00. The molecule has 0 spiro atoms. The molecular weight excluding hydrogens is 338 g/mol. The quantitative estimate of drug-likeness (QED) is 0.497. The first kappa shape index (κ1) is 18.5. The molecule has 3 heterocycles. The van der Waals surface area contributed by atoms with Gasteiger partial charge in [0.05, 0.1) is 12.9 Å². The molecule has 2 aromatic heterocycles. The van der Waals surface area contributed by atoms with Crippen LogP contribution >= 0.6 is 0 Å². The number of ether oxygens (including phenoxy) is 2. The molecule has 26 heavy (non-hydrogen) atoms.